The van der Waals surface area contributed by atoms with E-state index < -0.39 is 36.6 Å². The summed E-state index contributed by atoms with van der Waals surface area (Å²) < 4.78 is 88.3. The van der Waals surface area contributed by atoms with E-state index in [2.05, 4.69) is 41.7 Å². The molecule has 2 nitrogen and oxygen atoms in total. The number of nitrogens with zero attached hydrogens (tertiary/aromatic N) is 1. The highest BCUT2D eigenvalue weighted by molar-refractivity contribution is 7.87. The first-order valence-electron chi connectivity index (χ1n) is 16.9. The quantitative estimate of drug-likeness (QED) is 0.0809. The molecule has 0 aliphatic carbocycles. The lowest BCUT2D eigenvalue weighted by molar-refractivity contribution is -0.143. The Kier molecular flexibility index (Phi) is 11.7. The summed E-state index contributed by atoms with van der Waals surface area (Å²) in [5, 5.41) is 6.48. The predicted octanol–water partition coefficient (Wildman–Crippen LogP) is 10.6. The second kappa shape index (κ2) is 16.4. The van der Waals surface area contributed by atoms with E-state index in [-0.39, 0.29) is 35.5 Å². The summed E-state index contributed by atoms with van der Waals surface area (Å²) in [6.07, 6.45) is -10.3. The lowest BCUT2D eigenvalue weighted by Crippen LogP contribution is -2.42. The van der Waals surface area contributed by atoms with Crippen molar-refractivity contribution in [3.8, 4) is 0 Å². The lowest BCUT2D eigenvalue weighted by atomic mass is 9.85. The van der Waals surface area contributed by atoms with Crippen molar-refractivity contribution in [1.82, 2.24) is 5.32 Å². The normalized spacial score (nSPS) is 12.7. The minimum atomic E-state index is -4.97. The van der Waals surface area contributed by atoms with Gasteiger partial charge >= 0.3 is 12.4 Å². The zero-order valence-electron chi connectivity index (χ0n) is 28.3. The second-order valence-corrected chi connectivity index (χ2v) is 16.1. The van der Waals surface area contributed by atoms with Crippen molar-refractivity contribution in [2.24, 2.45) is 4.74 Å². The Morgan fingerprint density at radius 3 is 1.26 bits per heavy atom. The predicted molar refractivity (Wildman–Crippen MR) is 207 cm³/mol. The molecule has 0 unspecified atom stereocenters. The molecule has 0 bridgehead atoms. The first-order chi connectivity index (χ1) is 25.4. The zero-order valence-corrected chi connectivity index (χ0v) is 30.0. The minimum absolute atomic E-state index is 0.0950. The molecular formula is C43H35F6N2PS. The van der Waals surface area contributed by atoms with Crippen LogP contribution in [0.25, 0.3) is 0 Å². The summed E-state index contributed by atoms with van der Waals surface area (Å²) in [7, 11) is -2.70. The van der Waals surface area contributed by atoms with Crippen LogP contribution in [0.2, 0.25) is 0 Å². The Labute approximate surface area is 310 Å². The number of thiocarbonyl (C=S) groups is 1. The molecular weight excluding hydrogens is 722 g/mol. The number of nitrogens with one attached hydrogen (secondary N) is 1. The number of alkyl halides is 6. The van der Waals surface area contributed by atoms with E-state index in [0.717, 1.165) is 39.2 Å². The summed E-state index contributed by atoms with van der Waals surface area (Å²) in [4.78, 5) is 0.0950. The van der Waals surface area contributed by atoms with Crippen molar-refractivity contribution in [2.45, 2.75) is 30.7 Å². The molecule has 0 heterocycles. The fourth-order valence-corrected chi connectivity index (χ4v) is 10.5. The molecule has 10 heteroatoms. The number of hydrogen-bond acceptors (Lipinski definition) is 2. The topological polar surface area (TPSA) is 24.4 Å². The Balaban J connectivity index is 1.51. The third kappa shape index (κ3) is 8.98. The van der Waals surface area contributed by atoms with E-state index in [1.807, 2.05) is 115 Å². The Morgan fingerprint density at radius 1 is 0.547 bits per heavy atom. The van der Waals surface area contributed by atoms with Gasteiger partial charge in [-0.05, 0) is 34.9 Å². The monoisotopic (exact) mass is 756 g/mol. The zero-order chi connectivity index (χ0) is 37.5. The maximum Gasteiger partial charge on any atom is 0.416 e. The van der Waals surface area contributed by atoms with Gasteiger partial charge in [0.05, 0.1) is 35.8 Å². The molecule has 53 heavy (non-hydrogen) atoms. The number of halogens is 6. The van der Waals surface area contributed by atoms with Crippen molar-refractivity contribution in [1.29, 1.82) is 0 Å². The molecule has 0 spiro atoms. The van der Waals surface area contributed by atoms with Gasteiger partial charge in [-0.25, -0.2) is 0 Å². The van der Waals surface area contributed by atoms with Crippen molar-refractivity contribution in [2.75, 3.05) is 6.54 Å². The third-order valence-corrected chi connectivity index (χ3v) is 12.9. The number of benzene rings is 6. The van der Waals surface area contributed by atoms with Crippen LogP contribution in [0, 0.1) is 0 Å². The van der Waals surface area contributed by atoms with Gasteiger partial charge in [-0.1, -0.05) is 164 Å². The second-order valence-electron chi connectivity index (χ2n) is 12.5. The van der Waals surface area contributed by atoms with Gasteiger partial charge in [0, 0.05) is 28.3 Å². The Hall–Kier alpha value is -4.98. The molecule has 0 saturated heterocycles. The van der Waals surface area contributed by atoms with Crippen LogP contribution in [0.4, 0.5) is 26.3 Å². The Bertz CT molecular complexity index is 1980. The molecule has 0 aromatic heterocycles. The van der Waals surface area contributed by atoms with Crippen LogP contribution in [-0.4, -0.2) is 17.6 Å². The minimum Gasteiger partial charge on any atom is -0.374 e. The van der Waals surface area contributed by atoms with E-state index in [1.165, 1.54) is 0 Å². The van der Waals surface area contributed by atoms with Crippen LogP contribution in [-0.2, 0) is 18.8 Å². The van der Waals surface area contributed by atoms with Crippen LogP contribution in [0.15, 0.2) is 175 Å². The third-order valence-electron chi connectivity index (χ3n) is 8.96. The maximum atomic E-state index is 13.8. The van der Waals surface area contributed by atoms with E-state index in [9.17, 15) is 26.3 Å². The standard InChI is InChI=1S/C43H35F6N2PS/c44-42(45,46)34-26-31(27-35(29-34)43(47,48)49)28-40(53)51-39(41(32-16-6-1-7-17-32)33-18-8-2-9-19-33)30-50-52(36-20-10-3-11-21-36,37-22-12-4-13-23-37)38-24-14-5-15-25-38/h1-27,29,39,41H,28,30H2,(H,51,53)/t39-/m0/s1. The number of hydrogen-bond donors (Lipinski definition) is 1. The molecule has 270 valence electrons. The van der Waals surface area contributed by atoms with Crippen LogP contribution >= 0.6 is 19.3 Å². The van der Waals surface area contributed by atoms with Crippen LogP contribution in [0.3, 0.4) is 0 Å². The van der Waals surface area contributed by atoms with E-state index in [4.69, 9.17) is 17.0 Å². The van der Waals surface area contributed by atoms with Crippen LogP contribution < -0.4 is 21.2 Å². The van der Waals surface area contributed by atoms with Crippen molar-refractivity contribution >= 4 is 40.2 Å². The first kappa shape index (κ1) is 37.8. The number of rotatable bonds is 11. The smallest absolute Gasteiger partial charge is 0.374 e. The van der Waals surface area contributed by atoms with E-state index in [1.54, 1.807) is 0 Å². The highest BCUT2D eigenvalue weighted by Crippen LogP contribution is 2.47. The van der Waals surface area contributed by atoms with Crippen molar-refractivity contribution in [3.63, 3.8) is 0 Å². The van der Waals surface area contributed by atoms with Crippen molar-refractivity contribution in [3.05, 3.63) is 198 Å². The maximum absolute atomic E-state index is 13.8. The summed E-state index contributed by atoms with van der Waals surface area (Å²) in [5.41, 5.74) is -1.08. The van der Waals surface area contributed by atoms with E-state index in [0.29, 0.717) is 0 Å². The van der Waals surface area contributed by atoms with Gasteiger partial charge in [0.1, 0.15) is 0 Å². The molecule has 1 N–H and O–H groups in total. The SMILES string of the molecule is FC(F)(F)c1cc(CC(=S)N[C@@H](CN=P(c2ccccc2)(c2ccccc2)c2ccccc2)C(c2ccccc2)c2ccccc2)cc(C(F)(F)F)c1. The highest BCUT2D eigenvalue weighted by atomic mass is 32.1. The van der Waals surface area contributed by atoms with Gasteiger partial charge in [-0.15, -0.1) is 0 Å². The fraction of sp³-hybridized carbons (Fsp3) is 0.140. The van der Waals surface area contributed by atoms with Crippen molar-refractivity contribution < 1.29 is 26.3 Å². The lowest BCUT2D eigenvalue weighted by Gasteiger charge is -2.32. The van der Waals surface area contributed by atoms with Gasteiger partial charge in [-0.2, -0.15) is 26.3 Å². The summed E-state index contributed by atoms with van der Waals surface area (Å²) in [6, 6.07) is 50.7. The van der Waals surface area contributed by atoms with Gasteiger partial charge in [0.2, 0.25) is 0 Å². The Morgan fingerprint density at radius 2 is 0.906 bits per heavy atom. The highest BCUT2D eigenvalue weighted by Gasteiger charge is 2.37. The molecule has 0 aliphatic heterocycles. The van der Waals surface area contributed by atoms with Gasteiger partial charge < -0.3 is 5.32 Å². The molecule has 6 aromatic rings. The largest absolute Gasteiger partial charge is 0.416 e. The average Bonchev–Trinajstić information content (AvgIpc) is 3.16. The van der Waals surface area contributed by atoms with Gasteiger partial charge in [0.25, 0.3) is 0 Å². The van der Waals surface area contributed by atoms with E-state index >= 15 is 0 Å². The molecule has 6 aromatic carbocycles. The fourth-order valence-electron chi connectivity index (χ4n) is 6.61. The van der Waals surface area contributed by atoms with Crippen LogP contribution in [0.5, 0.6) is 0 Å². The molecule has 0 aliphatic rings. The molecule has 0 saturated carbocycles. The first-order valence-corrected chi connectivity index (χ1v) is 19.0. The molecule has 0 radical (unpaired) electrons. The molecule has 6 rings (SSSR count). The van der Waals surface area contributed by atoms with Crippen LogP contribution in [0.1, 0.15) is 33.7 Å². The van der Waals surface area contributed by atoms with Gasteiger partial charge in [-0.3, -0.25) is 4.74 Å². The molecule has 0 amide bonds. The van der Waals surface area contributed by atoms with Gasteiger partial charge in [0.15, 0.2) is 0 Å². The average molecular weight is 757 g/mol. The summed E-state index contributed by atoms with van der Waals surface area (Å²) in [6.45, 7) is 0.192. The molecule has 1 atom stereocenters. The molecule has 0 fully saturated rings. The summed E-state index contributed by atoms with van der Waals surface area (Å²) >= 11 is 5.79. The summed E-state index contributed by atoms with van der Waals surface area (Å²) in [5.74, 6) is -0.351.